The summed E-state index contributed by atoms with van der Waals surface area (Å²) in [5, 5.41) is 0. The van der Waals surface area contributed by atoms with Gasteiger partial charge in [0.15, 0.2) is 0 Å². The van der Waals surface area contributed by atoms with E-state index in [-0.39, 0.29) is 0 Å². The average molecular weight is 171 g/mol. The second kappa shape index (κ2) is 3.32. The lowest BCUT2D eigenvalue weighted by Gasteiger charge is -2.15. The maximum Gasteiger partial charge on any atom is 0.133 e. The summed E-state index contributed by atoms with van der Waals surface area (Å²) < 4.78 is 10.8. The van der Waals surface area contributed by atoms with Crippen molar-refractivity contribution in [1.29, 1.82) is 0 Å². The molecule has 1 aromatic rings. The maximum atomic E-state index is 10.8. The fourth-order valence-corrected chi connectivity index (χ4v) is 1.83. The van der Waals surface area contributed by atoms with Crippen molar-refractivity contribution < 1.29 is 4.55 Å². The van der Waals surface area contributed by atoms with E-state index in [9.17, 15) is 4.55 Å². The molecule has 1 aromatic carbocycles. The molecule has 10 heavy (non-hydrogen) atoms. The molecular formula is C7H7OS2-. The van der Waals surface area contributed by atoms with Gasteiger partial charge >= 0.3 is 0 Å². The Morgan fingerprint density at radius 3 is 2.40 bits per heavy atom. The van der Waals surface area contributed by atoms with Gasteiger partial charge < -0.3 is 16.2 Å². The van der Waals surface area contributed by atoms with Crippen molar-refractivity contribution in [1.82, 2.24) is 0 Å². The van der Waals surface area contributed by atoms with Crippen molar-refractivity contribution in [2.24, 2.45) is 0 Å². The van der Waals surface area contributed by atoms with E-state index in [1.807, 2.05) is 25.1 Å². The normalized spacial score (nSPS) is 13.1. The zero-order valence-electron chi connectivity index (χ0n) is 5.53. The fraction of sp³-hybridized carbons (Fsp3) is 0.143. The lowest BCUT2D eigenvalue weighted by molar-refractivity contribution is 0.609. The highest BCUT2D eigenvalue weighted by atomic mass is 33.1. The molecule has 0 fully saturated rings. The average Bonchev–Trinajstić information content (AvgIpc) is 1.88. The lowest BCUT2D eigenvalue weighted by atomic mass is 10.2. The van der Waals surface area contributed by atoms with E-state index >= 15 is 0 Å². The van der Waals surface area contributed by atoms with Crippen LogP contribution in [-0.4, -0.2) is 4.55 Å². The topological polar surface area (TPSA) is 23.1 Å². The van der Waals surface area contributed by atoms with E-state index in [0.29, 0.717) is 0 Å². The van der Waals surface area contributed by atoms with Crippen molar-refractivity contribution in [2.75, 3.05) is 0 Å². The summed E-state index contributed by atoms with van der Waals surface area (Å²) in [6.45, 7) is 1.90. The van der Waals surface area contributed by atoms with Crippen LogP contribution in [0.3, 0.4) is 0 Å². The minimum absolute atomic E-state index is 0.748. The molecule has 54 valence electrons. The zero-order valence-corrected chi connectivity index (χ0v) is 7.17. The van der Waals surface area contributed by atoms with Crippen LogP contribution in [0, 0.1) is 6.92 Å². The van der Waals surface area contributed by atoms with Gasteiger partial charge in [-0.1, -0.05) is 18.2 Å². The molecule has 3 heteroatoms. The van der Waals surface area contributed by atoms with Gasteiger partial charge in [-0.25, -0.2) is 0 Å². The van der Waals surface area contributed by atoms with Crippen molar-refractivity contribution in [3.8, 4) is 0 Å². The molecule has 0 radical (unpaired) electrons. The third-order valence-corrected chi connectivity index (χ3v) is 2.63. The van der Waals surface area contributed by atoms with Crippen molar-refractivity contribution >= 4 is 21.9 Å². The molecule has 1 atom stereocenters. The molecule has 1 nitrogen and oxygen atoms in total. The van der Waals surface area contributed by atoms with Crippen LogP contribution < -0.4 is 0 Å². The van der Waals surface area contributed by atoms with E-state index in [1.165, 1.54) is 0 Å². The first-order chi connectivity index (χ1) is 4.72. The number of benzene rings is 1. The fourth-order valence-electron chi connectivity index (χ4n) is 0.743. The Kier molecular flexibility index (Phi) is 2.65. The first kappa shape index (κ1) is 7.98. The van der Waals surface area contributed by atoms with Crippen LogP contribution in [0.25, 0.3) is 0 Å². The molecule has 0 N–H and O–H groups in total. The Morgan fingerprint density at radius 2 is 2.00 bits per heavy atom. The van der Waals surface area contributed by atoms with Crippen LogP contribution in [0.1, 0.15) is 5.56 Å². The van der Waals surface area contributed by atoms with E-state index < -0.39 is 10.2 Å². The zero-order chi connectivity index (χ0) is 7.56. The summed E-state index contributed by atoms with van der Waals surface area (Å²) >= 11 is 4.61. The largest absolute Gasteiger partial charge is 0.630 e. The first-order valence-corrected chi connectivity index (χ1v) is 4.94. The lowest BCUT2D eigenvalue weighted by Crippen LogP contribution is -1.96. The summed E-state index contributed by atoms with van der Waals surface area (Å²) in [6, 6.07) is 7.44. The third kappa shape index (κ3) is 1.68. The van der Waals surface area contributed by atoms with Gasteiger partial charge in [0.05, 0.1) is 0 Å². The second-order valence-corrected chi connectivity index (χ2v) is 3.82. The van der Waals surface area contributed by atoms with Crippen LogP contribution in [-0.2, 0) is 21.9 Å². The third-order valence-electron chi connectivity index (χ3n) is 1.27. The van der Waals surface area contributed by atoms with Crippen molar-refractivity contribution in [3.05, 3.63) is 29.8 Å². The molecule has 0 saturated heterocycles. The van der Waals surface area contributed by atoms with E-state index in [2.05, 4.69) is 11.7 Å². The Morgan fingerprint density at radius 1 is 1.40 bits per heavy atom. The molecule has 0 spiro atoms. The van der Waals surface area contributed by atoms with Crippen molar-refractivity contribution in [3.63, 3.8) is 0 Å². The Bertz CT molecular complexity index is 223. The maximum absolute atomic E-state index is 10.8. The monoisotopic (exact) mass is 171 g/mol. The molecule has 0 bridgehead atoms. The van der Waals surface area contributed by atoms with Crippen LogP contribution >= 0.6 is 0 Å². The minimum Gasteiger partial charge on any atom is -0.630 e. The van der Waals surface area contributed by atoms with E-state index in [1.54, 1.807) is 6.07 Å². The molecule has 0 aliphatic carbocycles. The Labute approximate surface area is 68.4 Å². The Hall–Kier alpha value is -0.120. The van der Waals surface area contributed by atoms with Gasteiger partial charge in [-0.3, -0.25) is 0 Å². The standard InChI is InChI=1S/C7H8OS2/c1-6-4-2-3-5-7(6)10(8)9/h2-5H,1H3,(H,8,9)/p-1. The highest BCUT2D eigenvalue weighted by Crippen LogP contribution is 2.13. The van der Waals surface area contributed by atoms with Crippen LogP contribution in [0.4, 0.5) is 0 Å². The minimum atomic E-state index is -1.26. The first-order valence-electron chi connectivity index (χ1n) is 2.86. The SMILES string of the molecule is Cc1ccccc1[S+]([O-])[S-]. The summed E-state index contributed by atoms with van der Waals surface area (Å²) in [5.41, 5.74) is 0.996. The predicted molar refractivity (Wildman–Crippen MR) is 45.0 cm³/mol. The number of hydrogen-bond acceptors (Lipinski definition) is 2. The van der Waals surface area contributed by atoms with Gasteiger partial charge in [-0.2, -0.15) is 10.2 Å². The number of rotatable bonds is 1. The number of hydrogen-bond donors (Lipinski definition) is 0. The smallest absolute Gasteiger partial charge is 0.133 e. The molecule has 0 aliphatic rings. The van der Waals surface area contributed by atoms with E-state index in [4.69, 9.17) is 0 Å². The molecule has 0 heterocycles. The molecule has 0 aliphatic heterocycles. The van der Waals surface area contributed by atoms with Gasteiger partial charge in [0.2, 0.25) is 0 Å². The highest BCUT2D eigenvalue weighted by Gasteiger charge is 1.99. The molecule has 0 amide bonds. The van der Waals surface area contributed by atoms with Crippen LogP contribution in [0.15, 0.2) is 29.2 Å². The van der Waals surface area contributed by atoms with Crippen LogP contribution in [0.5, 0.6) is 0 Å². The second-order valence-electron chi connectivity index (χ2n) is 2.00. The van der Waals surface area contributed by atoms with Crippen molar-refractivity contribution in [2.45, 2.75) is 11.8 Å². The van der Waals surface area contributed by atoms with Gasteiger partial charge in [-0.15, -0.1) is 0 Å². The Balaban J connectivity index is 3.03. The molecular weight excluding hydrogens is 164 g/mol. The summed E-state index contributed by atoms with van der Waals surface area (Å²) in [5.74, 6) is 0. The summed E-state index contributed by atoms with van der Waals surface area (Å²) in [6.07, 6.45) is 0. The molecule has 0 saturated carbocycles. The predicted octanol–water partition coefficient (Wildman–Crippen LogP) is 1.56. The molecule has 1 rings (SSSR count). The molecule has 0 aromatic heterocycles. The van der Waals surface area contributed by atoms with Gasteiger partial charge in [-0.05, 0) is 13.0 Å². The summed E-state index contributed by atoms with van der Waals surface area (Å²) in [7, 11) is -1.26. The summed E-state index contributed by atoms with van der Waals surface area (Å²) in [4.78, 5) is 0.748. The van der Waals surface area contributed by atoms with Gasteiger partial charge in [0.25, 0.3) is 0 Å². The van der Waals surface area contributed by atoms with Gasteiger partial charge in [0.1, 0.15) is 4.90 Å². The van der Waals surface area contributed by atoms with E-state index in [0.717, 1.165) is 10.5 Å². The number of aryl methyl sites for hydroxylation is 1. The van der Waals surface area contributed by atoms with Gasteiger partial charge in [0, 0.05) is 5.56 Å². The molecule has 1 unspecified atom stereocenters. The quantitative estimate of drug-likeness (QED) is 0.363. The highest BCUT2D eigenvalue weighted by molar-refractivity contribution is 8.53. The van der Waals surface area contributed by atoms with Crippen LogP contribution in [0.2, 0.25) is 0 Å².